The van der Waals surface area contributed by atoms with Gasteiger partial charge in [-0.25, -0.2) is 0 Å². The lowest BCUT2D eigenvalue weighted by molar-refractivity contribution is -0.144. The predicted octanol–water partition coefficient (Wildman–Crippen LogP) is 14.9. The van der Waals surface area contributed by atoms with Crippen LogP contribution in [-0.4, -0.2) is 136 Å². The monoisotopic (exact) mass is 1320 g/mol. The van der Waals surface area contributed by atoms with Gasteiger partial charge in [0.2, 0.25) is 0 Å². The lowest BCUT2D eigenvalue weighted by Crippen LogP contribution is -2.35. The second kappa shape index (κ2) is 29.8. The summed E-state index contributed by atoms with van der Waals surface area (Å²) in [6.07, 6.45) is -5.29. The molecule has 0 radical (unpaired) electrons. The zero-order valence-electron chi connectivity index (χ0n) is 51.3. The number of aryl methyl sites for hydroxylation is 2. The van der Waals surface area contributed by atoms with Gasteiger partial charge in [0, 0.05) is 111 Å². The number of hydrogen-bond acceptors (Lipinski definition) is 8. The number of likely N-dealkylation sites (tertiary alicyclic amines) is 4. The molecule has 12 rings (SSSR count). The van der Waals surface area contributed by atoms with Gasteiger partial charge in [0.15, 0.2) is 0 Å². The lowest BCUT2D eigenvalue weighted by atomic mass is 10.1. The number of amides is 4. The van der Waals surface area contributed by atoms with Crippen LogP contribution in [0, 0.1) is 0 Å². The van der Waals surface area contributed by atoms with Gasteiger partial charge in [-0.05, 0) is 150 Å². The van der Waals surface area contributed by atoms with Crippen LogP contribution in [0.25, 0.3) is 45.0 Å². The maximum Gasteiger partial charge on any atom is 0.433 e. The molecule has 8 heterocycles. The first-order valence-corrected chi connectivity index (χ1v) is 30.7. The summed E-state index contributed by atoms with van der Waals surface area (Å²) in [5.41, 5.74) is 1.54. The van der Waals surface area contributed by atoms with Gasteiger partial charge in [-0.1, -0.05) is 48.5 Å². The minimum absolute atomic E-state index is 0.0294. The number of hydrogen-bond donors (Lipinski definition) is 2. The van der Waals surface area contributed by atoms with Crippen LogP contribution >= 0.6 is 0 Å². The van der Waals surface area contributed by atoms with E-state index in [0.29, 0.717) is 44.5 Å². The average Bonchev–Trinajstić information content (AvgIpc) is 1.66. The number of halogens is 12. The Balaban J connectivity index is 0.000000148. The minimum atomic E-state index is -4.47. The zero-order chi connectivity index (χ0) is 67.5. The van der Waals surface area contributed by atoms with Crippen LogP contribution in [-0.2, 0) is 38.8 Å². The standard InChI is InChI=1S/2C17H18F3N3O.2C16H16F3N3O/c1-22-15(17(18,19)20)11-14(21-22)12-5-7-13(8-6-12)16(24)23-9-3-2-4-10-23;1-22-15(17(18,19)20)11-14(21-22)12-6-5-7-13(10-12)16(24)23-8-3-2-4-9-23;17-16(18,19)14-10-13(20-21-14)11-4-6-12(7-5-11)15(23)22-8-2-1-3-9-22;17-16(18,19)14-10-13(20-21-14)11-5-4-6-12(9-11)15(23)22-7-2-1-3-8-22/h5-8,11H,2-4,9-10H2,1H3;5-7,10-11H,2-4,8-9H2,1H3;4-7,10H,1-3,8-9H2,(H,20,21);4-6,9-10H,1-3,7-8H2,(H,20,21). The molecule has 28 heteroatoms. The number of rotatable bonds is 8. The van der Waals surface area contributed by atoms with Crippen molar-refractivity contribution in [2.75, 3.05) is 52.4 Å². The summed E-state index contributed by atoms with van der Waals surface area (Å²) in [5.74, 6) is -0.228. The van der Waals surface area contributed by atoms with Crippen molar-refractivity contribution in [1.82, 2.24) is 59.6 Å². The molecule has 94 heavy (non-hydrogen) atoms. The molecule has 0 unspecified atom stereocenters. The average molecular weight is 1320 g/mol. The summed E-state index contributed by atoms with van der Waals surface area (Å²) < 4.78 is 155. The maximum absolute atomic E-state index is 12.9. The molecule has 4 amide bonds. The van der Waals surface area contributed by atoms with E-state index in [4.69, 9.17) is 0 Å². The van der Waals surface area contributed by atoms with E-state index in [1.165, 1.54) is 14.1 Å². The fraction of sp³-hybridized carbons (Fsp3) is 0.394. The molecule has 16 nitrogen and oxygen atoms in total. The number of aromatic amines is 2. The van der Waals surface area contributed by atoms with Gasteiger partial charge < -0.3 is 19.6 Å². The smallest absolute Gasteiger partial charge is 0.339 e. The summed E-state index contributed by atoms with van der Waals surface area (Å²) in [6, 6.07) is 30.2. The summed E-state index contributed by atoms with van der Waals surface area (Å²) in [6.45, 7) is 5.94. The van der Waals surface area contributed by atoms with E-state index in [2.05, 4.69) is 20.4 Å². The number of H-pyrrole nitrogens is 2. The first kappa shape index (κ1) is 69.1. The van der Waals surface area contributed by atoms with Crippen molar-refractivity contribution < 1.29 is 71.9 Å². The van der Waals surface area contributed by atoms with Gasteiger partial charge in [-0.3, -0.25) is 38.7 Å². The topological polar surface area (TPSA) is 174 Å². The molecule has 0 bridgehead atoms. The summed E-state index contributed by atoms with van der Waals surface area (Å²) >= 11 is 0. The molecule has 2 N–H and O–H groups in total. The molecule has 8 aromatic rings. The number of benzene rings is 4. The number of aromatic nitrogens is 8. The van der Waals surface area contributed by atoms with Crippen molar-refractivity contribution in [3.63, 3.8) is 0 Å². The number of nitrogens with one attached hydrogen (secondary N) is 2. The van der Waals surface area contributed by atoms with E-state index in [1.54, 1.807) is 107 Å². The Morgan fingerprint density at radius 3 is 0.915 bits per heavy atom. The first-order valence-electron chi connectivity index (χ1n) is 30.7. The third-order valence-corrected chi connectivity index (χ3v) is 16.3. The molecule has 0 saturated carbocycles. The lowest BCUT2D eigenvalue weighted by Gasteiger charge is -2.26. The van der Waals surface area contributed by atoms with Crippen LogP contribution in [0.5, 0.6) is 0 Å². The van der Waals surface area contributed by atoms with Crippen molar-refractivity contribution in [1.29, 1.82) is 0 Å². The number of nitrogens with zero attached hydrogens (tertiary/aromatic N) is 10. The largest absolute Gasteiger partial charge is 0.433 e. The number of piperidine rings is 4. The van der Waals surface area contributed by atoms with E-state index >= 15 is 0 Å². The zero-order valence-corrected chi connectivity index (χ0v) is 51.3. The maximum atomic E-state index is 12.9. The van der Waals surface area contributed by atoms with Gasteiger partial charge in [0.05, 0.1) is 22.8 Å². The van der Waals surface area contributed by atoms with Crippen molar-refractivity contribution >= 4 is 23.6 Å². The fourth-order valence-corrected chi connectivity index (χ4v) is 11.3. The third-order valence-electron chi connectivity index (χ3n) is 16.3. The van der Waals surface area contributed by atoms with Crippen molar-refractivity contribution in [2.24, 2.45) is 14.1 Å². The Hall–Kier alpha value is -9.24. The summed E-state index contributed by atoms with van der Waals surface area (Å²) in [5, 5.41) is 19.2. The van der Waals surface area contributed by atoms with Crippen LogP contribution in [0.15, 0.2) is 121 Å². The number of carbonyl (C=O) groups is 4. The van der Waals surface area contributed by atoms with Gasteiger partial charge in [0.1, 0.15) is 22.8 Å². The molecule has 4 aliphatic heterocycles. The second-order valence-corrected chi connectivity index (χ2v) is 23.1. The molecular formula is C66H68F12N12O4. The molecule has 0 atom stereocenters. The molecule has 4 aromatic carbocycles. The Kier molecular flexibility index (Phi) is 21.9. The molecule has 0 spiro atoms. The van der Waals surface area contributed by atoms with E-state index in [0.717, 1.165) is 163 Å². The SMILES string of the molecule is Cn1nc(-c2ccc(C(=O)N3CCCCC3)cc2)cc1C(F)(F)F.Cn1nc(-c2cccc(C(=O)N3CCCCC3)c2)cc1C(F)(F)F.O=C(c1ccc(-c2cc(C(F)(F)F)[nH]n2)cc1)N1CCCCC1.O=C(c1cccc(-c2cc(C(F)(F)F)[nH]n2)c1)N1CCCCC1. The highest BCUT2D eigenvalue weighted by Crippen LogP contribution is 2.36. The second-order valence-electron chi connectivity index (χ2n) is 23.1. The first-order chi connectivity index (χ1) is 44.6. The Morgan fingerprint density at radius 1 is 0.330 bits per heavy atom. The van der Waals surface area contributed by atoms with Crippen LogP contribution in [0.2, 0.25) is 0 Å². The quantitative estimate of drug-likeness (QED) is 0.141. The van der Waals surface area contributed by atoms with Gasteiger partial charge in [0.25, 0.3) is 23.6 Å². The molecule has 4 fully saturated rings. The normalized spacial score (nSPS) is 15.6. The van der Waals surface area contributed by atoms with Gasteiger partial charge in [-0.2, -0.15) is 73.1 Å². The molecule has 4 aromatic heterocycles. The Labute approximate surface area is 532 Å². The highest BCUT2D eigenvalue weighted by atomic mass is 19.4. The Morgan fingerprint density at radius 2 is 0.617 bits per heavy atom. The van der Waals surface area contributed by atoms with E-state index in [9.17, 15) is 71.9 Å². The van der Waals surface area contributed by atoms with Crippen molar-refractivity contribution in [3.8, 4) is 45.0 Å². The third kappa shape index (κ3) is 17.7. The number of carbonyl (C=O) groups excluding carboxylic acids is 4. The van der Waals surface area contributed by atoms with Crippen LogP contribution in [0.4, 0.5) is 52.7 Å². The summed E-state index contributed by atoms with van der Waals surface area (Å²) in [4.78, 5) is 56.9. The van der Waals surface area contributed by atoms with E-state index in [1.807, 2.05) is 20.0 Å². The van der Waals surface area contributed by atoms with Crippen LogP contribution < -0.4 is 0 Å². The summed E-state index contributed by atoms with van der Waals surface area (Å²) in [7, 11) is 2.52. The predicted molar refractivity (Wildman–Crippen MR) is 324 cm³/mol. The van der Waals surface area contributed by atoms with Crippen molar-refractivity contribution in [3.05, 3.63) is 166 Å². The molecule has 0 aliphatic carbocycles. The molecular weight excluding hydrogens is 1250 g/mol. The van der Waals surface area contributed by atoms with E-state index in [-0.39, 0.29) is 46.4 Å². The molecule has 4 saturated heterocycles. The van der Waals surface area contributed by atoms with Gasteiger partial charge in [-0.15, -0.1) is 0 Å². The molecule has 4 aliphatic rings. The van der Waals surface area contributed by atoms with E-state index < -0.39 is 47.5 Å². The Bertz CT molecular complexity index is 3860. The minimum Gasteiger partial charge on any atom is -0.339 e. The highest BCUT2D eigenvalue weighted by Gasteiger charge is 2.38. The molecule has 500 valence electrons. The van der Waals surface area contributed by atoms with Crippen LogP contribution in [0.3, 0.4) is 0 Å². The highest BCUT2D eigenvalue weighted by molar-refractivity contribution is 5.97. The van der Waals surface area contributed by atoms with Gasteiger partial charge >= 0.3 is 24.7 Å². The van der Waals surface area contributed by atoms with Crippen LogP contribution in [0.1, 0.15) is 141 Å². The number of alkyl halides is 12. The fourth-order valence-electron chi connectivity index (χ4n) is 11.3. The van der Waals surface area contributed by atoms with Crippen molar-refractivity contribution in [2.45, 2.75) is 102 Å².